The molecule has 0 saturated heterocycles. The number of rotatable bonds is 6. The number of hydrogen-bond donors (Lipinski definition) is 3. The lowest BCUT2D eigenvalue weighted by Gasteiger charge is -2.09. The van der Waals surface area contributed by atoms with Gasteiger partial charge in [0.05, 0.1) is 12.7 Å². The van der Waals surface area contributed by atoms with Crippen LogP contribution < -0.4 is 10.6 Å². The van der Waals surface area contributed by atoms with Crippen LogP contribution in [0.15, 0.2) is 30.6 Å². The Bertz CT molecular complexity index is 656. The number of H-pyrrole nitrogens is 1. The summed E-state index contributed by atoms with van der Waals surface area (Å²) in [6.07, 6.45) is 4.18. The average Bonchev–Trinajstić information content (AvgIpc) is 3.00. The fraction of sp³-hybridized carbons (Fsp3) is 0.267. The number of nitrogens with one attached hydrogen (secondary N) is 3. The third-order valence-corrected chi connectivity index (χ3v) is 3.12. The summed E-state index contributed by atoms with van der Waals surface area (Å²) < 4.78 is 13.1. The zero-order chi connectivity index (χ0) is 15.9. The number of carbonyl (C=O) groups is 2. The predicted molar refractivity (Wildman–Crippen MR) is 79.7 cm³/mol. The van der Waals surface area contributed by atoms with Gasteiger partial charge in [-0.15, -0.1) is 0 Å². The van der Waals surface area contributed by atoms with Gasteiger partial charge in [-0.05, 0) is 36.6 Å². The first-order chi connectivity index (χ1) is 10.5. The maximum absolute atomic E-state index is 13.1. The second kappa shape index (κ2) is 7.35. The van der Waals surface area contributed by atoms with Gasteiger partial charge in [0.25, 0.3) is 0 Å². The number of aromatic amines is 1. The van der Waals surface area contributed by atoms with E-state index in [2.05, 4.69) is 20.8 Å². The summed E-state index contributed by atoms with van der Waals surface area (Å²) >= 11 is 0. The van der Waals surface area contributed by atoms with Crippen molar-refractivity contribution in [1.29, 1.82) is 0 Å². The van der Waals surface area contributed by atoms with Gasteiger partial charge in [-0.25, -0.2) is 4.39 Å². The standard InChI is InChI=1S/C15H17FN4O2/c1-10-2-4-12(16)6-13(10)20-15(22)9-17-14(21)5-3-11-7-18-19-8-11/h2,4,6-8H,3,5,9H2,1H3,(H,17,21)(H,18,19)(H,20,22). The van der Waals surface area contributed by atoms with Gasteiger partial charge in [-0.2, -0.15) is 5.10 Å². The molecular weight excluding hydrogens is 287 g/mol. The maximum Gasteiger partial charge on any atom is 0.243 e. The molecule has 2 amide bonds. The lowest BCUT2D eigenvalue weighted by Crippen LogP contribution is -2.33. The second-order valence-electron chi connectivity index (χ2n) is 4.89. The molecule has 0 aliphatic carbocycles. The molecule has 3 N–H and O–H groups in total. The Labute approximate surface area is 127 Å². The fourth-order valence-electron chi connectivity index (χ4n) is 1.86. The Morgan fingerprint density at radius 1 is 1.32 bits per heavy atom. The highest BCUT2D eigenvalue weighted by Crippen LogP contribution is 2.15. The summed E-state index contributed by atoms with van der Waals surface area (Å²) in [4.78, 5) is 23.4. The van der Waals surface area contributed by atoms with Crippen molar-refractivity contribution in [1.82, 2.24) is 15.5 Å². The number of hydrogen-bond acceptors (Lipinski definition) is 3. The lowest BCUT2D eigenvalue weighted by molar-refractivity contribution is -0.124. The van der Waals surface area contributed by atoms with E-state index >= 15 is 0 Å². The summed E-state index contributed by atoms with van der Waals surface area (Å²) in [6, 6.07) is 4.14. The zero-order valence-electron chi connectivity index (χ0n) is 12.1. The van der Waals surface area contributed by atoms with E-state index < -0.39 is 11.7 Å². The minimum Gasteiger partial charge on any atom is -0.347 e. The SMILES string of the molecule is Cc1ccc(F)cc1NC(=O)CNC(=O)CCc1cn[nH]c1. The van der Waals surface area contributed by atoms with Crippen molar-refractivity contribution in [3.05, 3.63) is 47.5 Å². The predicted octanol–water partition coefficient (Wildman–Crippen LogP) is 1.54. The van der Waals surface area contributed by atoms with Crippen molar-refractivity contribution >= 4 is 17.5 Å². The number of aryl methyl sites for hydroxylation is 2. The van der Waals surface area contributed by atoms with E-state index in [1.165, 1.54) is 12.1 Å². The van der Waals surface area contributed by atoms with Gasteiger partial charge in [0.15, 0.2) is 0 Å². The van der Waals surface area contributed by atoms with Crippen LogP contribution in [-0.2, 0) is 16.0 Å². The monoisotopic (exact) mass is 304 g/mol. The smallest absolute Gasteiger partial charge is 0.243 e. The second-order valence-corrected chi connectivity index (χ2v) is 4.89. The summed E-state index contributed by atoms with van der Waals surface area (Å²) in [5.74, 6) is -1.05. The van der Waals surface area contributed by atoms with Gasteiger partial charge < -0.3 is 10.6 Å². The van der Waals surface area contributed by atoms with Crippen molar-refractivity contribution in [2.24, 2.45) is 0 Å². The topological polar surface area (TPSA) is 86.9 Å². The third kappa shape index (κ3) is 4.69. The molecule has 6 nitrogen and oxygen atoms in total. The van der Waals surface area contributed by atoms with Gasteiger partial charge in [0, 0.05) is 18.3 Å². The van der Waals surface area contributed by atoms with E-state index in [9.17, 15) is 14.0 Å². The summed E-state index contributed by atoms with van der Waals surface area (Å²) in [5, 5.41) is 11.5. The molecule has 0 radical (unpaired) electrons. The number of halogens is 1. The summed E-state index contributed by atoms with van der Waals surface area (Å²) in [5.41, 5.74) is 2.08. The molecular formula is C15H17FN4O2. The molecule has 22 heavy (non-hydrogen) atoms. The van der Waals surface area contributed by atoms with Gasteiger partial charge in [-0.1, -0.05) is 6.07 Å². The zero-order valence-corrected chi connectivity index (χ0v) is 12.1. The van der Waals surface area contributed by atoms with Crippen LogP contribution in [-0.4, -0.2) is 28.6 Å². The molecule has 0 aliphatic rings. The van der Waals surface area contributed by atoms with Crippen LogP contribution in [0.2, 0.25) is 0 Å². The molecule has 0 fully saturated rings. The number of amides is 2. The summed E-state index contributed by atoms with van der Waals surface area (Å²) in [7, 11) is 0. The Morgan fingerprint density at radius 3 is 2.86 bits per heavy atom. The van der Waals surface area contributed by atoms with E-state index in [-0.39, 0.29) is 18.9 Å². The Kier molecular flexibility index (Phi) is 5.24. The molecule has 0 atom stereocenters. The Balaban J connectivity index is 1.75. The van der Waals surface area contributed by atoms with Crippen LogP contribution in [0.3, 0.4) is 0 Å². The average molecular weight is 304 g/mol. The van der Waals surface area contributed by atoms with Crippen molar-refractivity contribution in [3.63, 3.8) is 0 Å². The Hall–Kier alpha value is -2.70. The van der Waals surface area contributed by atoms with Gasteiger partial charge in [0.2, 0.25) is 11.8 Å². The number of carbonyl (C=O) groups excluding carboxylic acids is 2. The Morgan fingerprint density at radius 2 is 2.14 bits per heavy atom. The number of nitrogens with zero attached hydrogens (tertiary/aromatic N) is 1. The molecule has 0 saturated carbocycles. The van der Waals surface area contributed by atoms with E-state index in [4.69, 9.17) is 0 Å². The lowest BCUT2D eigenvalue weighted by atomic mass is 10.2. The van der Waals surface area contributed by atoms with Crippen LogP contribution in [0, 0.1) is 12.7 Å². The van der Waals surface area contributed by atoms with Gasteiger partial charge >= 0.3 is 0 Å². The number of benzene rings is 1. The quantitative estimate of drug-likeness (QED) is 0.756. The van der Waals surface area contributed by atoms with E-state index in [0.29, 0.717) is 12.1 Å². The van der Waals surface area contributed by atoms with Gasteiger partial charge in [0.1, 0.15) is 5.82 Å². The van der Waals surface area contributed by atoms with Crippen LogP contribution in [0.4, 0.5) is 10.1 Å². The van der Waals surface area contributed by atoms with Gasteiger partial charge in [-0.3, -0.25) is 14.7 Å². The van der Waals surface area contributed by atoms with Crippen molar-refractivity contribution in [3.8, 4) is 0 Å². The highest BCUT2D eigenvalue weighted by molar-refractivity contribution is 5.95. The normalized spacial score (nSPS) is 10.3. The molecule has 1 aromatic carbocycles. The van der Waals surface area contributed by atoms with Crippen LogP contribution in [0.1, 0.15) is 17.5 Å². The summed E-state index contributed by atoms with van der Waals surface area (Å²) in [6.45, 7) is 1.61. The largest absolute Gasteiger partial charge is 0.347 e. The molecule has 7 heteroatoms. The first-order valence-corrected chi connectivity index (χ1v) is 6.85. The molecule has 1 heterocycles. The molecule has 2 aromatic rings. The van der Waals surface area contributed by atoms with Crippen LogP contribution >= 0.6 is 0 Å². The highest BCUT2D eigenvalue weighted by atomic mass is 19.1. The molecule has 0 unspecified atom stereocenters. The number of aromatic nitrogens is 2. The fourth-order valence-corrected chi connectivity index (χ4v) is 1.86. The molecule has 116 valence electrons. The maximum atomic E-state index is 13.1. The van der Waals surface area contributed by atoms with E-state index in [1.54, 1.807) is 25.4 Å². The minimum atomic E-state index is -0.426. The first kappa shape index (κ1) is 15.7. The molecule has 0 bridgehead atoms. The molecule has 0 spiro atoms. The highest BCUT2D eigenvalue weighted by Gasteiger charge is 2.08. The van der Waals surface area contributed by atoms with Crippen molar-refractivity contribution < 1.29 is 14.0 Å². The van der Waals surface area contributed by atoms with Crippen LogP contribution in [0.25, 0.3) is 0 Å². The van der Waals surface area contributed by atoms with E-state index in [1.807, 2.05) is 0 Å². The number of anilines is 1. The molecule has 2 rings (SSSR count). The van der Waals surface area contributed by atoms with Crippen LogP contribution in [0.5, 0.6) is 0 Å². The minimum absolute atomic E-state index is 0.153. The third-order valence-electron chi connectivity index (χ3n) is 3.12. The first-order valence-electron chi connectivity index (χ1n) is 6.85. The van der Waals surface area contributed by atoms with Crippen molar-refractivity contribution in [2.75, 3.05) is 11.9 Å². The van der Waals surface area contributed by atoms with Crippen molar-refractivity contribution in [2.45, 2.75) is 19.8 Å². The molecule has 0 aliphatic heterocycles. The van der Waals surface area contributed by atoms with E-state index in [0.717, 1.165) is 11.1 Å². The molecule has 1 aromatic heterocycles.